The Morgan fingerprint density at radius 3 is 1.24 bits per heavy atom. The number of benzene rings is 2. The summed E-state index contributed by atoms with van der Waals surface area (Å²) in [4.78, 5) is 137. The maximum Gasteiger partial charge on any atom is 0.430 e. The first-order valence-electron chi connectivity index (χ1n) is 28.4. The number of carboxylic acids is 5. The van der Waals surface area contributed by atoms with E-state index in [0.717, 1.165) is 9.79 Å². The summed E-state index contributed by atoms with van der Waals surface area (Å²) in [6, 6.07) is 13.2. The number of carbonyl (C=O) groups is 11. The average Bonchev–Trinajstić information content (AvgIpc) is 0.742. The minimum atomic E-state index is -5.19. The van der Waals surface area contributed by atoms with Crippen molar-refractivity contribution < 1.29 is 113 Å². The van der Waals surface area contributed by atoms with Gasteiger partial charge in [0.2, 0.25) is 24.9 Å². The number of pyridine rings is 2. The van der Waals surface area contributed by atoms with Crippen molar-refractivity contribution in [3.05, 3.63) is 128 Å². The van der Waals surface area contributed by atoms with Crippen LogP contribution in [0.1, 0.15) is 25.7 Å². The summed E-state index contributed by atoms with van der Waals surface area (Å²) in [5, 5.41) is 58.5. The summed E-state index contributed by atoms with van der Waals surface area (Å²) in [6.45, 7) is 0.496. The van der Waals surface area contributed by atoms with Crippen molar-refractivity contribution in [2.24, 2.45) is 11.5 Å². The smallest absolute Gasteiger partial charge is 0.430 e. The highest BCUT2D eigenvalue weighted by atomic mass is 35.5. The predicted molar refractivity (Wildman–Crippen MR) is 355 cm³/mol. The third-order valence-corrected chi connectivity index (χ3v) is 22.1. The van der Waals surface area contributed by atoms with Gasteiger partial charge in [0.15, 0.2) is 24.8 Å². The van der Waals surface area contributed by atoms with Crippen LogP contribution < -0.4 is 59.4 Å². The van der Waals surface area contributed by atoms with Crippen LogP contribution in [0.5, 0.6) is 0 Å². The molecule has 6 atom stereocenters. The van der Waals surface area contributed by atoms with Crippen LogP contribution in [0.2, 0.25) is 20.1 Å². The first kappa shape index (κ1) is 82.3. The number of alkyl halides is 3. The molecule has 2 fully saturated rings. The van der Waals surface area contributed by atoms with Crippen molar-refractivity contribution in [1.82, 2.24) is 31.1 Å². The van der Waals surface area contributed by atoms with E-state index >= 15 is 0 Å². The second-order valence-electron chi connectivity index (χ2n) is 20.7. The number of β-lactam (4-membered cyclic amide) rings is 2. The molecule has 0 radical (unpaired) electrons. The Labute approximate surface area is 608 Å². The normalized spacial score (nSPS) is 17.4. The van der Waals surface area contributed by atoms with Gasteiger partial charge in [-0.3, -0.25) is 38.6 Å². The minimum absolute atomic E-state index is 0. The van der Waals surface area contributed by atoms with Crippen LogP contribution in [0.25, 0.3) is 0 Å². The number of rotatable bonds is 30. The molecule has 6 heterocycles. The van der Waals surface area contributed by atoms with Crippen LogP contribution in [0, 0.1) is 0 Å². The number of amides is 6. The summed E-state index contributed by atoms with van der Waals surface area (Å²) in [5.41, 5.74) is 11.9. The van der Waals surface area contributed by atoms with Crippen LogP contribution in [-0.2, 0) is 65.8 Å². The molecule has 530 valence electrons. The highest BCUT2D eigenvalue weighted by molar-refractivity contribution is 8.01. The number of halogens is 8. The summed E-state index contributed by atoms with van der Waals surface area (Å²) in [7, 11) is 0. The Balaban J connectivity index is 0.000000319. The SMILES string of the molecule is NCCC[C@H](NC(=O)C[n+]1ccc(SCC2=C(C(=O)O)N3C(=O)[C@H](NC(=O)CSc4cc(Cl)ccc4Cl)[C@H]3SC2)cc1)C(=O)O.NCCC[C@H](NC(=O)C[n+]1ccc(SCC2=C(C(=O)O)N3C(=O)[C@H](NC(=O)CSc4cc(Cl)ccc4Cl)[C@H]3SC2)cc1)C(=O)O.O=C([O-])C(F)(F)F.[Cl-]. The maximum atomic E-state index is 13.0. The zero-order chi connectivity index (χ0) is 71.4. The van der Waals surface area contributed by atoms with Gasteiger partial charge >= 0.3 is 30.1 Å². The number of aliphatic carboxylic acids is 5. The number of nitrogens with two attached hydrogens (primary N) is 2. The monoisotopic (exact) mass is 1580 g/mol. The number of fused-ring (bicyclic) bond motifs is 2. The molecule has 26 nitrogen and oxygen atoms in total. The molecule has 0 spiro atoms. The molecule has 40 heteroatoms. The number of carbonyl (C=O) groups excluding carboxylic acids is 7. The lowest BCUT2D eigenvalue weighted by atomic mass is 10.0. The van der Waals surface area contributed by atoms with Gasteiger partial charge in [0.05, 0.1) is 21.6 Å². The number of thioether (sulfide) groups is 6. The molecule has 0 saturated carbocycles. The Morgan fingerprint density at radius 2 is 0.939 bits per heavy atom. The van der Waals surface area contributed by atoms with Crippen molar-refractivity contribution in [3.8, 4) is 0 Å². The Bertz CT molecular complexity index is 3490. The van der Waals surface area contributed by atoms with Gasteiger partial charge in [0.1, 0.15) is 52.3 Å². The molecule has 8 rings (SSSR count). The van der Waals surface area contributed by atoms with E-state index in [2.05, 4.69) is 21.3 Å². The van der Waals surface area contributed by atoms with Crippen LogP contribution >= 0.6 is 117 Å². The first-order chi connectivity index (χ1) is 45.9. The molecule has 98 heavy (non-hydrogen) atoms. The van der Waals surface area contributed by atoms with Crippen molar-refractivity contribution >= 4 is 182 Å². The maximum absolute atomic E-state index is 13.0. The summed E-state index contributed by atoms with van der Waals surface area (Å²) in [6.07, 6.45) is 2.90. The van der Waals surface area contributed by atoms with Gasteiger partial charge < -0.3 is 75.5 Å². The summed E-state index contributed by atoms with van der Waals surface area (Å²) >= 11 is 32.2. The van der Waals surface area contributed by atoms with Gasteiger partial charge in [-0.05, 0) is 86.3 Å². The lowest BCUT2D eigenvalue weighted by Gasteiger charge is -2.49. The van der Waals surface area contributed by atoms with Gasteiger partial charge in [0, 0.05) is 76.9 Å². The van der Waals surface area contributed by atoms with Crippen LogP contribution in [-0.4, -0.2) is 184 Å². The predicted octanol–water partition coefficient (Wildman–Crippen LogP) is 0.727. The van der Waals surface area contributed by atoms with E-state index in [-0.39, 0.29) is 73.1 Å². The highest BCUT2D eigenvalue weighted by Crippen LogP contribution is 2.44. The lowest BCUT2D eigenvalue weighted by molar-refractivity contribution is -0.684. The second kappa shape index (κ2) is 39.0. The average molecular weight is 1580 g/mol. The number of carboxylic acid groups (broad SMARTS) is 5. The molecule has 12 N–H and O–H groups in total. The topological polar surface area (TPSA) is 406 Å². The molecule has 0 aliphatic carbocycles. The molecule has 4 aliphatic rings. The fourth-order valence-corrected chi connectivity index (χ4v) is 16.4. The third kappa shape index (κ3) is 23.9. The van der Waals surface area contributed by atoms with Gasteiger partial charge in [-0.2, -0.15) is 22.3 Å². The number of nitrogens with zero attached hydrogens (tertiary/aromatic N) is 4. The molecule has 4 aliphatic heterocycles. The molecular weight excluding hydrogens is 1520 g/mol. The Morgan fingerprint density at radius 1 is 0.592 bits per heavy atom. The minimum Gasteiger partial charge on any atom is -1.00 e. The summed E-state index contributed by atoms with van der Waals surface area (Å²) < 4.78 is 34.7. The first-order valence-corrected chi connectivity index (χ1v) is 36.0. The molecule has 4 aromatic rings. The van der Waals surface area contributed by atoms with Gasteiger partial charge in [-0.1, -0.05) is 46.4 Å². The Hall–Kier alpha value is -6.35. The number of hydrogen-bond acceptors (Lipinski definition) is 20. The fraction of sp³-hybridized carbons (Fsp3) is 0.362. The zero-order valence-corrected chi connectivity index (χ0v) is 59.2. The number of aromatic nitrogens is 2. The zero-order valence-electron chi connectivity index (χ0n) is 50.6. The third-order valence-electron chi connectivity index (χ3n) is 13.7. The van der Waals surface area contributed by atoms with Gasteiger partial charge in [0.25, 0.3) is 23.6 Å². The molecule has 0 bridgehead atoms. The molecule has 2 aromatic heterocycles. The standard InChI is InChI=1S/2C28H29Cl2N5O7S3.C2HF3O2.ClH/c2*29-16-3-4-18(30)20(10-16)44-14-22(37)33-23-25(38)35-24(28(41)42)15(13-45-26(23)35)12-43-17-5-8-34(9-6-17)11-21(36)32-19(27(39)40)2-1-7-31;3-2(4,5)1(6)7;/h2*3-6,8-10,19,23,26H,1-2,7,11-14,31H2,(H3-,32,33,36,37,39,40,41,42);(H,6,7);1H/t2*19-,23-,26+;;/m00../s1. The highest BCUT2D eigenvalue weighted by Gasteiger charge is 2.55. The number of nitrogens with one attached hydrogen (secondary N) is 4. The van der Waals surface area contributed by atoms with Crippen molar-refractivity contribution in [2.75, 3.05) is 47.6 Å². The van der Waals surface area contributed by atoms with Gasteiger partial charge in [-0.25, -0.2) is 19.2 Å². The quantitative estimate of drug-likeness (QED) is 0.0195. The van der Waals surface area contributed by atoms with Crippen molar-refractivity contribution in [3.63, 3.8) is 0 Å². The Kier molecular flexibility index (Phi) is 32.8. The van der Waals surface area contributed by atoms with Crippen LogP contribution in [0.15, 0.2) is 128 Å². The van der Waals surface area contributed by atoms with Crippen LogP contribution in [0.4, 0.5) is 13.2 Å². The molecule has 2 saturated heterocycles. The molecule has 2 aromatic carbocycles. The van der Waals surface area contributed by atoms with E-state index in [1.54, 1.807) is 94.6 Å². The van der Waals surface area contributed by atoms with E-state index in [1.807, 2.05) is 0 Å². The van der Waals surface area contributed by atoms with Crippen LogP contribution in [0.3, 0.4) is 0 Å². The van der Waals surface area contributed by atoms with E-state index < -0.39 is 94.6 Å². The molecule has 0 unspecified atom stereocenters. The van der Waals surface area contributed by atoms with E-state index in [9.17, 15) is 81.5 Å². The van der Waals surface area contributed by atoms with Gasteiger partial charge in [-0.15, -0.1) is 70.6 Å². The van der Waals surface area contributed by atoms with E-state index in [1.165, 1.54) is 80.4 Å². The largest absolute Gasteiger partial charge is 1.00 e. The van der Waals surface area contributed by atoms with Crippen molar-refractivity contribution in [1.29, 1.82) is 0 Å². The molecular formula is C58H60Cl5F3N10O16S6. The second-order valence-corrected chi connectivity index (χ2v) is 28.7. The van der Waals surface area contributed by atoms with Crippen molar-refractivity contribution in [2.45, 2.75) is 99.4 Å². The van der Waals surface area contributed by atoms with E-state index in [4.69, 9.17) is 67.8 Å². The fourth-order valence-electron chi connectivity index (χ4n) is 9.08. The number of hydrogen-bond donors (Lipinski definition) is 10. The lowest BCUT2D eigenvalue weighted by Crippen LogP contribution is -3.00. The molecule has 6 amide bonds. The summed E-state index contributed by atoms with van der Waals surface area (Å²) in [5.74, 6) is -8.97. The van der Waals surface area contributed by atoms with E-state index in [0.29, 0.717) is 90.0 Å².